The van der Waals surface area contributed by atoms with E-state index >= 15 is 0 Å². The first-order valence-electron chi connectivity index (χ1n) is 9.81. The van der Waals surface area contributed by atoms with Crippen LogP contribution in [0.2, 0.25) is 0 Å². The summed E-state index contributed by atoms with van der Waals surface area (Å²) in [5.74, 6) is -1.33. The van der Waals surface area contributed by atoms with Crippen molar-refractivity contribution in [3.05, 3.63) is 59.2 Å². The third-order valence-corrected chi connectivity index (χ3v) is 5.66. The Bertz CT molecular complexity index is 1110. The summed E-state index contributed by atoms with van der Waals surface area (Å²) in [7, 11) is -0.564. The van der Waals surface area contributed by atoms with Crippen molar-refractivity contribution in [3.8, 4) is 0 Å². The molecule has 0 bridgehead atoms. The Kier molecular flexibility index (Phi) is 7.98. The van der Waals surface area contributed by atoms with Crippen LogP contribution in [0.5, 0.6) is 0 Å². The fourth-order valence-electron chi connectivity index (χ4n) is 2.85. The van der Waals surface area contributed by atoms with Gasteiger partial charge in [-0.2, -0.15) is 0 Å². The monoisotopic (exact) mass is 461 g/mol. The minimum absolute atomic E-state index is 0.219. The van der Waals surface area contributed by atoms with Crippen molar-refractivity contribution in [1.29, 1.82) is 0 Å². The summed E-state index contributed by atoms with van der Waals surface area (Å²) in [5.41, 5.74) is 1.98. The van der Waals surface area contributed by atoms with Gasteiger partial charge in [-0.15, -0.1) is 0 Å². The number of hydrogen-bond donors (Lipinski definition) is 1. The number of carbonyl (C=O) groups excluding carboxylic acids is 3. The van der Waals surface area contributed by atoms with Crippen LogP contribution in [0.25, 0.3) is 0 Å². The lowest BCUT2D eigenvalue weighted by atomic mass is 10.1. The number of benzene rings is 2. The number of aryl methyl sites for hydroxylation is 1. The number of carbonyl (C=O) groups is 3. The molecule has 0 spiro atoms. The zero-order valence-corrected chi connectivity index (χ0v) is 19.5. The van der Waals surface area contributed by atoms with Crippen LogP contribution >= 0.6 is 0 Å². The van der Waals surface area contributed by atoms with Gasteiger partial charge in [0.25, 0.3) is 5.91 Å². The Hall–Kier alpha value is -3.40. The highest BCUT2D eigenvalue weighted by Gasteiger charge is 2.22. The highest BCUT2D eigenvalue weighted by Crippen LogP contribution is 2.21. The van der Waals surface area contributed by atoms with Gasteiger partial charge in [-0.3, -0.25) is 13.9 Å². The molecule has 9 nitrogen and oxygen atoms in total. The second-order valence-electron chi connectivity index (χ2n) is 7.31. The van der Waals surface area contributed by atoms with Crippen LogP contribution in [0.4, 0.5) is 11.4 Å². The van der Waals surface area contributed by atoms with E-state index < -0.39 is 28.4 Å². The molecule has 0 aliphatic heterocycles. The molecule has 0 unspecified atom stereocenters. The number of amides is 2. The molecule has 0 aliphatic rings. The number of nitrogens with zero attached hydrogens (tertiary/aromatic N) is 2. The highest BCUT2D eigenvalue weighted by molar-refractivity contribution is 7.92. The van der Waals surface area contributed by atoms with E-state index in [9.17, 15) is 22.8 Å². The van der Waals surface area contributed by atoms with Gasteiger partial charge in [0.15, 0.2) is 0 Å². The average Bonchev–Trinajstić information content (AvgIpc) is 2.72. The van der Waals surface area contributed by atoms with Crippen LogP contribution in [-0.2, 0) is 19.6 Å². The van der Waals surface area contributed by atoms with Crippen LogP contribution in [0.3, 0.4) is 0 Å². The van der Waals surface area contributed by atoms with Crippen molar-refractivity contribution in [2.45, 2.75) is 13.8 Å². The Morgan fingerprint density at radius 3 is 2.12 bits per heavy atom. The molecule has 2 rings (SSSR count). The second kappa shape index (κ2) is 10.3. The van der Waals surface area contributed by atoms with Gasteiger partial charge in [-0.25, -0.2) is 13.2 Å². The van der Waals surface area contributed by atoms with Gasteiger partial charge >= 0.3 is 5.97 Å². The molecule has 0 fully saturated rings. The van der Waals surface area contributed by atoms with E-state index in [4.69, 9.17) is 4.74 Å². The van der Waals surface area contributed by atoms with Crippen LogP contribution in [-0.4, -0.2) is 64.6 Å². The standard InChI is InChI=1S/C22H27N3O6S/c1-6-31-22(28)17-8-7-15(2)19(13-17)23-20(26)14-25(32(5,29)30)18-11-9-16(10-12-18)21(27)24(3)4/h7-13H,6,14H2,1-5H3,(H,23,26). The predicted octanol–water partition coefficient (Wildman–Crippen LogP) is 2.28. The average molecular weight is 462 g/mol. The van der Waals surface area contributed by atoms with Gasteiger partial charge < -0.3 is 15.0 Å². The normalized spacial score (nSPS) is 10.9. The van der Waals surface area contributed by atoms with Crippen molar-refractivity contribution < 1.29 is 27.5 Å². The van der Waals surface area contributed by atoms with Crippen molar-refractivity contribution in [2.75, 3.05) is 43.1 Å². The summed E-state index contributed by atoms with van der Waals surface area (Å²) >= 11 is 0. The zero-order chi connectivity index (χ0) is 24.1. The fourth-order valence-corrected chi connectivity index (χ4v) is 3.70. The largest absolute Gasteiger partial charge is 0.462 e. The van der Waals surface area contributed by atoms with Crippen molar-refractivity contribution >= 4 is 39.2 Å². The summed E-state index contributed by atoms with van der Waals surface area (Å²) in [6.45, 7) is 3.18. The zero-order valence-electron chi connectivity index (χ0n) is 18.7. The second-order valence-corrected chi connectivity index (χ2v) is 9.22. The molecule has 2 amide bonds. The van der Waals surface area contributed by atoms with Crippen LogP contribution < -0.4 is 9.62 Å². The number of rotatable bonds is 8. The molecule has 2 aromatic rings. The van der Waals surface area contributed by atoms with Crippen LogP contribution in [0.1, 0.15) is 33.2 Å². The first-order chi connectivity index (χ1) is 14.9. The predicted molar refractivity (Wildman–Crippen MR) is 122 cm³/mol. The number of sulfonamides is 1. The molecular weight excluding hydrogens is 434 g/mol. The van der Waals surface area contributed by atoms with Gasteiger partial charge in [0.05, 0.1) is 24.1 Å². The number of esters is 1. The minimum atomic E-state index is -3.79. The lowest BCUT2D eigenvalue weighted by Crippen LogP contribution is -2.37. The van der Waals surface area contributed by atoms with E-state index in [0.717, 1.165) is 10.6 Å². The first kappa shape index (κ1) is 24.9. The van der Waals surface area contributed by atoms with E-state index in [2.05, 4.69) is 5.32 Å². The molecule has 0 heterocycles. The SMILES string of the molecule is CCOC(=O)c1ccc(C)c(NC(=O)CN(c2ccc(C(=O)N(C)C)cc2)S(C)(=O)=O)c1. The third-order valence-electron chi connectivity index (χ3n) is 4.52. The number of ether oxygens (including phenoxy) is 1. The van der Waals surface area contributed by atoms with Gasteiger partial charge in [-0.05, 0) is 55.8 Å². The van der Waals surface area contributed by atoms with Crippen LogP contribution in [0, 0.1) is 6.92 Å². The Morgan fingerprint density at radius 1 is 1.00 bits per heavy atom. The van der Waals surface area contributed by atoms with E-state index in [1.807, 2.05) is 0 Å². The molecule has 0 saturated heterocycles. The van der Waals surface area contributed by atoms with Gasteiger partial charge in [0.1, 0.15) is 6.54 Å². The molecule has 0 atom stereocenters. The smallest absolute Gasteiger partial charge is 0.338 e. The number of hydrogen-bond acceptors (Lipinski definition) is 6. The first-order valence-corrected chi connectivity index (χ1v) is 11.7. The van der Waals surface area contributed by atoms with Gasteiger partial charge in [0.2, 0.25) is 15.9 Å². The fraction of sp³-hybridized carbons (Fsp3) is 0.318. The lowest BCUT2D eigenvalue weighted by Gasteiger charge is -2.22. The summed E-state index contributed by atoms with van der Waals surface area (Å²) in [5, 5.41) is 2.65. The van der Waals surface area contributed by atoms with E-state index in [-0.39, 0.29) is 23.8 Å². The van der Waals surface area contributed by atoms with E-state index in [1.165, 1.54) is 35.2 Å². The van der Waals surface area contributed by atoms with Gasteiger partial charge in [0, 0.05) is 25.3 Å². The van der Waals surface area contributed by atoms with Crippen molar-refractivity contribution in [2.24, 2.45) is 0 Å². The third kappa shape index (κ3) is 6.30. The van der Waals surface area contributed by atoms with Crippen molar-refractivity contribution in [1.82, 2.24) is 4.90 Å². The quantitative estimate of drug-likeness (QED) is 0.604. The minimum Gasteiger partial charge on any atom is -0.462 e. The van der Waals surface area contributed by atoms with E-state index in [0.29, 0.717) is 16.8 Å². The molecular formula is C22H27N3O6S. The maximum Gasteiger partial charge on any atom is 0.338 e. The summed E-state index contributed by atoms with van der Waals surface area (Å²) < 4.78 is 30.6. The lowest BCUT2D eigenvalue weighted by molar-refractivity contribution is -0.114. The van der Waals surface area contributed by atoms with Gasteiger partial charge in [-0.1, -0.05) is 6.07 Å². The molecule has 0 radical (unpaired) electrons. The molecule has 10 heteroatoms. The molecule has 2 aromatic carbocycles. The maximum atomic E-state index is 12.7. The number of anilines is 2. The molecule has 0 aliphatic carbocycles. The summed E-state index contributed by atoms with van der Waals surface area (Å²) in [6.07, 6.45) is 0.992. The highest BCUT2D eigenvalue weighted by atomic mass is 32.2. The topological polar surface area (TPSA) is 113 Å². The maximum absolute atomic E-state index is 12.7. The molecule has 172 valence electrons. The molecule has 32 heavy (non-hydrogen) atoms. The Labute approximate surface area is 188 Å². The molecule has 0 aromatic heterocycles. The van der Waals surface area contributed by atoms with Crippen molar-refractivity contribution in [3.63, 3.8) is 0 Å². The Balaban J connectivity index is 2.24. The number of nitrogens with one attached hydrogen (secondary N) is 1. The van der Waals surface area contributed by atoms with E-state index in [1.54, 1.807) is 40.1 Å². The van der Waals surface area contributed by atoms with Crippen LogP contribution in [0.15, 0.2) is 42.5 Å². The summed E-state index contributed by atoms with van der Waals surface area (Å²) in [4.78, 5) is 38.1. The molecule has 1 N–H and O–H groups in total. The Morgan fingerprint density at radius 2 is 1.59 bits per heavy atom. The molecule has 0 saturated carbocycles. The summed E-state index contributed by atoms with van der Waals surface area (Å²) in [6, 6.07) is 10.7.